The van der Waals surface area contributed by atoms with E-state index in [1.54, 1.807) is 14.2 Å². The molecule has 0 spiro atoms. The summed E-state index contributed by atoms with van der Waals surface area (Å²) < 4.78 is 21.3. The highest BCUT2D eigenvalue weighted by Crippen LogP contribution is 2.41. The maximum atomic E-state index is 12.1. The monoisotopic (exact) mass is 407 g/mol. The summed E-state index contributed by atoms with van der Waals surface area (Å²) in [6, 6.07) is 16.3. The van der Waals surface area contributed by atoms with Crippen LogP contribution in [0.3, 0.4) is 0 Å². The van der Waals surface area contributed by atoms with Gasteiger partial charge in [-0.25, -0.2) is 4.79 Å². The second-order valence-electron chi connectivity index (χ2n) is 7.21. The predicted octanol–water partition coefficient (Wildman–Crippen LogP) is 4.23. The summed E-state index contributed by atoms with van der Waals surface area (Å²) in [4.78, 5) is 14.4. The molecule has 0 aliphatic carbocycles. The first-order valence-corrected chi connectivity index (χ1v) is 9.84. The van der Waals surface area contributed by atoms with E-state index in [-0.39, 0.29) is 11.8 Å². The van der Waals surface area contributed by atoms with Crippen LogP contribution < -0.4 is 9.47 Å². The SMILES string of the molecule is COC(=O)c1occc1CN1CCc2cc(OC)c(OC)cc2C1c1ccccc1. The molecule has 0 fully saturated rings. The van der Waals surface area contributed by atoms with Crippen LogP contribution in [0.2, 0.25) is 0 Å². The number of esters is 1. The van der Waals surface area contributed by atoms with Gasteiger partial charge in [0.1, 0.15) is 0 Å². The number of rotatable bonds is 6. The van der Waals surface area contributed by atoms with Gasteiger partial charge in [0, 0.05) is 18.7 Å². The van der Waals surface area contributed by atoms with Gasteiger partial charge in [-0.05, 0) is 41.3 Å². The molecule has 0 saturated carbocycles. The Morgan fingerprint density at radius 1 is 1.07 bits per heavy atom. The van der Waals surface area contributed by atoms with Gasteiger partial charge < -0.3 is 18.6 Å². The Morgan fingerprint density at radius 2 is 1.80 bits per heavy atom. The van der Waals surface area contributed by atoms with Crippen molar-refractivity contribution in [2.75, 3.05) is 27.9 Å². The van der Waals surface area contributed by atoms with Gasteiger partial charge in [0.2, 0.25) is 5.76 Å². The van der Waals surface area contributed by atoms with Gasteiger partial charge in [0.05, 0.1) is 33.6 Å². The number of carbonyl (C=O) groups is 1. The van der Waals surface area contributed by atoms with E-state index in [1.165, 1.54) is 30.1 Å². The third-order valence-corrected chi connectivity index (χ3v) is 5.58. The van der Waals surface area contributed by atoms with Crippen LogP contribution in [0.1, 0.15) is 38.9 Å². The highest BCUT2D eigenvalue weighted by atomic mass is 16.5. The number of carbonyl (C=O) groups excluding carboxylic acids is 1. The van der Waals surface area contributed by atoms with E-state index >= 15 is 0 Å². The second kappa shape index (κ2) is 8.63. The van der Waals surface area contributed by atoms with Crippen LogP contribution in [0, 0.1) is 0 Å². The van der Waals surface area contributed by atoms with Crippen molar-refractivity contribution < 1.29 is 23.4 Å². The lowest BCUT2D eigenvalue weighted by Gasteiger charge is -2.38. The molecule has 1 unspecified atom stereocenters. The molecule has 3 aromatic rings. The summed E-state index contributed by atoms with van der Waals surface area (Å²) in [7, 11) is 4.66. The summed E-state index contributed by atoms with van der Waals surface area (Å²) in [5.74, 6) is 1.23. The van der Waals surface area contributed by atoms with Crippen LogP contribution in [0.15, 0.2) is 59.2 Å². The lowest BCUT2D eigenvalue weighted by Crippen LogP contribution is -2.36. The van der Waals surface area contributed by atoms with Gasteiger partial charge in [0.15, 0.2) is 11.5 Å². The normalized spacial score (nSPS) is 16.0. The quantitative estimate of drug-likeness (QED) is 0.570. The van der Waals surface area contributed by atoms with Crippen LogP contribution in [-0.4, -0.2) is 38.7 Å². The highest BCUT2D eigenvalue weighted by Gasteiger charge is 2.31. The van der Waals surface area contributed by atoms with Gasteiger partial charge in [-0.3, -0.25) is 4.90 Å². The van der Waals surface area contributed by atoms with Crippen molar-refractivity contribution in [2.24, 2.45) is 0 Å². The van der Waals surface area contributed by atoms with E-state index in [9.17, 15) is 4.79 Å². The zero-order valence-corrected chi connectivity index (χ0v) is 17.4. The van der Waals surface area contributed by atoms with E-state index in [1.807, 2.05) is 24.3 Å². The minimum Gasteiger partial charge on any atom is -0.493 e. The number of hydrogen-bond donors (Lipinski definition) is 0. The van der Waals surface area contributed by atoms with E-state index in [0.29, 0.717) is 12.3 Å². The maximum Gasteiger partial charge on any atom is 0.374 e. The van der Waals surface area contributed by atoms with Crippen LogP contribution >= 0.6 is 0 Å². The Kier molecular flexibility index (Phi) is 5.77. The summed E-state index contributed by atoms with van der Waals surface area (Å²) in [6.07, 6.45) is 2.40. The molecular formula is C24H25NO5. The minimum absolute atomic E-state index is 0.00940. The predicted molar refractivity (Wildman–Crippen MR) is 112 cm³/mol. The molecule has 30 heavy (non-hydrogen) atoms. The zero-order chi connectivity index (χ0) is 21.1. The van der Waals surface area contributed by atoms with E-state index in [4.69, 9.17) is 18.6 Å². The van der Waals surface area contributed by atoms with Crippen molar-refractivity contribution in [3.8, 4) is 11.5 Å². The summed E-state index contributed by atoms with van der Waals surface area (Å²) in [5, 5.41) is 0. The van der Waals surface area contributed by atoms with E-state index in [0.717, 1.165) is 24.3 Å². The molecule has 2 aromatic carbocycles. The summed E-state index contributed by atoms with van der Waals surface area (Å²) >= 11 is 0. The molecule has 1 aliphatic heterocycles. The summed E-state index contributed by atoms with van der Waals surface area (Å²) in [5.41, 5.74) is 4.40. The van der Waals surface area contributed by atoms with Gasteiger partial charge >= 0.3 is 5.97 Å². The second-order valence-corrected chi connectivity index (χ2v) is 7.21. The molecule has 0 saturated heterocycles. The lowest BCUT2D eigenvalue weighted by molar-refractivity contribution is 0.0561. The van der Waals surface area contributed by atoms with Crippen molar-refractivity contribution in [3.63, 3.8) is 0 Å². The highest BCUT2D eigenvalue weighted by molar-refractivity contribution is 5.87. The minimum atomic E-state index is -0.463. The first-order valence-electron chi connectivity index (χ1n) is 9.84. The molecule has 1 atom stereocenters. The Bertz CT molecular complexity index is 1030. The Hall–Kier alpha value is -3.25. The fraction of sp³-hybridized carbons (Fsp3) is 0.292. The number of fused-ring (bicyclic) bond motifs is 1. The fourth-order valence-corrected chi connectivity index (χ4v) is 4.14. The third kappa shape index (κ3) is 3.66. The zero-order valence-electron chi connectivity index (χ0n) is 17.4. The molecule has 4 rings (SSSR count). The average molecular weight is 407 g/mol. The number of nitrogens with zero attached hydrogens (tertiary/aromatic N) is 1. The molecule has 0 N–H and O–H groups in total. The van der Waals surface area contributed by atoms with Gasteiger partial charge in [-0.1, -0.05) is 30.3 Å². The van der Waals surface area contributed by atoms with E-state index < -0.39 is 5.97 Å². The first-order chi connectivity index (χ1) is 14.7. The number of benzene rings is 2. The Labute approximate surface area is 176 Å². The lowest BCUT2D eigenvalue weighted by atomic mass is 9.87. The number of methoxy groups -OCH3 is 3. The van der Waals surface area contributed by atoms with Crippen molar-refractivity contribution in [2.45, 2.75) is 19.0 Å². The van der Waals surface area contributed by atoms with Crippen molar-refractivity contribution in [3.05, 3.63) is 82.8 Å². The van der Waals surface area contributed by atoms with Gasteiger partial charge in [0.25, 0.3) is 0 Å². The summed E-state index contributed by atoms with van der Waals surface area (Å²) in [6.45, 7) is 1.39. The standard InChI is InChI=1S/C24H25NO5/c1-27-20-13-17-9-11-25(15-18-10-12-30-23(18)24(26)29-3)22(16-7-5-4-6-8-16)19(17)14-21(20)28-2/h4-8,10,12-14,22H,9,11,15H2,1-3H3. The molecular weight excluding hydrogens is 382 g/mol. The smallest absolute Gasteiger partial charge is 0.374 e. The van der Waals surface area contributed by atoms with Gasteiger partial charge in [-0.2, -0.15) is 0 Å². The number of hydrogen-bond acceptors (Lipinski definition) is 6. The van der Waals surface area contributed by atoms with Crippen molar-refractivity contribution >= 4 is 5.97 Å². The number of ether oxygens (including phenoxy) is 3. The molecule has 1 aromatic heterocycles. The van der Waals surface area contributed by atoms with Gasteiger partial charge in [-0.15, -0.1) is 0 Å². The molecule has 6 nitrogen and oxygen atoms in total. The fourth-order valence-electron chi connectivity index (χ4n) is 4.14. The molecule has 0 radical (unpaired) electrons. The first kappa shape index (κ1) is 20.0. The Morgan fingerprint density at radius 3 is 2.50 bits per heavy atom. The number of furan rings is 1. The third-order valence-electron chi connectivity index (χ3n) is 5.58. The van der Waals surface area contributed by atoms with Crippen LogP contribution in [0.25, 0.3) is 0 Å². The molecule has 0 amide bonds. The molecule has 0 bridgehead atoms. The largest absolute Gasteiger partial charge is 0.493 e. The van der Waals surface area contributed by atoms with Crippen LogP contribution in [-0.2, 0) is 17.7 Å². The average Bonchev–Trinajstić information content (AvgIpc) is 3.26. The molecule has 156 valence electrons. The maximum absolute atomic E-state index is 12.1. The molecule has 6 heteroatoms. The van der Waals surface area contributed by atoms with Crippen LogP contribution in [0.4, 0.5) is 0 Å². The molecule has 1 aliphatic rings. The molecule has 2 heterocycles. The topological polar surface area (TPSA) is 61.1 Å². The van der Waals surface area contributed by atoms with E-state index in [2.05, 4.69) is 29.2 Å². The van der Waals surface area contributed by atoms with Crippen molar-refractivity contribution in [1.82, 2.24) is 4.90 Å². The van der Waals surface area contributed by atoms with Crippen molar-refractivity contribution in [1.29, 1.82) is 0 Å². The van der Waals surface area contributed by atoms with Crippen LogP contribution in [0.5, 0.6) is 11.5 Å². The Balaban J connectivity index is 1.77.